The van der Waals surface area contributed by atoms with Crippen molar-refractivity contribution in [2.75, 3.05) is 0 Å². The zero-order chi connectivity index (χ0) is 19.8. The normalized spacial score (nSPS) is 27.7. The molecule has 0 bridgehead atoms. The predicted molar refractivity (Wildman–Crippen MR) is 120 cm³/mol. The Morgan fingerprint density at radius 1 is 1.07 bits per heavy atom. The quantitative estimate of drug-likeness (QED) is 0.328. The first kappa shape index (κ1) is 21.3. The molecule has 1 aromatic carbocycles. The molecule has 2 aliphatic heterocycles. The average molecular weight is 414 g/mol. The van der Waals surface area contributed by atoms with Gasteiger partial charge < -0.3 is 4.74 Å². The van der Waals surface area contributed by atoms with Crippen LogP contribution in [0.2, 0.25) is 35.8 Å². The maximum absolute atomic E-state index is 12.4. The van der Waals surface area contributed by atoms with E-state index in [-0.39, 0.29) is 12.1 Å². The fourth-order valence-electron chi connectivity index (χ4n) is 5.21. The van der Waals surface area contributed by atoms with Crippen LogP contribution >= 0.6 is 0 Å². The lowest BCUT2D eigenvalue weighted by atomic mass is 10.1. The van der Waals surface area contributed by atoms with Gasteiger partial charge >= 0.3 is 5.97 Å². The van der Waals surface area contributed by atoms with Gasteiger partial charge in [0.1, 0.15) is 6.10 Å². The lowest BCUT2D eigenvalue weighted by Gasteiger charge is -2.36. The predicted octanol–water partition coefficient (Wildman–Crippen LogP) is 5.69. The third-order valence-corrected chi connectivity index (χ3v) is 14.7. The summed E-state index contributed by atoms with van der Waals surface area (Å²) in [6.07, 6.45) is 9.62. The minimum absolute atomic E-state index is 0.103. The summed E-state index contributed by atoms with van der Waals surface area (Å²) in [5.41, 5.74) is 2.21. The molecule has 0 aromatic heterocycles. The van der Waals surface area contributed by atoms with Crippen molar-refractivity contribution in [1.82, 2.24) is 0 Å². The van der Waals surface area contributed by atoms with Gasteiger partial charge in [-0.25, -0.2) is 4.79 Å². The molecule has 0 unspecified atom stereocenters. The molecular weight excluding hydrogens is 378 g/mol. The van der Waals surface area contributed by atoms with Crippen LogP contribution in [0.3, 0.4) is 0 Å². The van der Waals surface area contributed by atoms with Crippen LogP contribution in [0.4, 0.5) is 0 Å². The van der Waals surface area contributed by atoms with Gasteiger partial charge in [-0.1, -0.05) is 69.2 Å². The Balaban J connectivity index is 1.37. The largest absolute Gasteiger partial charge is 0.459 e. The molecule has 5 heteroatoms. The van der Waals surface area contributed by atoms with Gasteiger partial charge in [-0.2, -0.15) is 5.26 Å². The number of hydrogen-bond donors (Lipinski definition) is 0. The van der Waals surface area contributed by atoms with Crippen molar-refractivity contribution in [2.45, 2.75) is 93.7 Å². The summed E-state index contributed by atoms with van der Waals surface area (Å²) in [6, 6.07) is 16.4. The van der Waals surface area contributed by atoms with Crippen LogP contribution in [0.25, 0.3) is 0 Å². The van der Waals surface area contributed by atoms with Gasteiger partial charge in [-0.05, 0) is 42.6 Å². The molecule has 1 aromatic rings. The number of carbonyl (C=O) groups is 1. The van der Waals surface area contributed by atoms with Gasteiger partial charge in [-0.3, -0.25) is 0 Å². The minimum atomic E-state index is -0.642. The third-order valence-electron chi connectivity index (χ3n) is 7.02. The Labute approximate surface area is 173 Å². The molecule has 3 rings (SSSR count). The number of nitriles is 1. The summed E-state index contributed by atoms with van der Waals surface area (Å²) in [4.78, 5) is 12.4. The van der Waals surface area contributed by atoms with Crippen molar-refractivity contribution in [3.63, 3.8) is 0 Å². The van der Waals surface area contributed by atoms with Crippen molar-refractivity contribution in [3.8, 4) is 6.07 Å². The Hall–Kier alpha value is -1.39. The maximum atomic E-state index is 12.4. The molecule has 0 amide bonds. The second-order valence-corrected chi connectivity index (χ2v) is 16.0. The maximum Gasteiger partial charge on any atom is 0.338 e. The summed E-state index contributed by atoms with van der Waals surface area (Å²) in [5, 5.41) is 8.86. The minimum Gasteiger partial charge on any atom is -0.459 e. The molecule has 0 N–H and O–H groups in total. The molecule has 0 atom stereocenters. The first-order chi connectivity index (χ1) is 13.7. The number of ether oxygens (including phenoxy) is 1. The van der Waals surface area contributed by atoms with E-state index in [9.17, 15) is 4.79 Å². The highest BCUT2D eigenvalue weighted by molar-refractivity contribution is 6.63. The smallest absolute Gasteiger partial charge is 0.338 e. The summed E-state index contributed by atoms with van der Waals surface area (Å²) in [5.74, 6) is -0.229. The van der Waals surface area contributed by atoms with E-state index in [1.165, 1.54) is 44.2 Å². The summed E-state index contributed by atoms with van der Waals surface area (Å²) < 4.78 is 5.77. The lowest BCUT2D eigenvalue weighted by molar-refractivity contribution is 0.0273. The molecule has 3 nitrogen and oxygen atoms in total. The van der Waals surface area contributed by atoms with E-state index in [0.717, 1.165) is 18.4 Å². The first-order valence-corrected chi connectivity index (χ1v) is 16.2. The number of hydrogen-bond acceptors (Lipinski definition) is 3. The molecule has 2 aliphatic rings. The molecule has 0 saturated carbocycles. The molecule has 2 saturated heterocycles. The average Bonchev–Trinajstić information content (AvgIpc) is 2.75. The monoisotopic (exact) mass is 413 g/mol. The third kappa shape index (κ3) is 6.05. The number of unbranched alkanes of at least 4 members (excludes halogenated alkanes) is 2. The Morgan fingerprint density at radius 3 is 2.36 bits per heavy atom. The number of carbonyl (C=O) groups excluding carboxylic acids is 1. The Bertz CT molecular complexity index is 654. The van der Waals surface area contributed by atoms with Crippen molar-refractivity contribution in [1.29, 1.82) is 5.26 Å². The van der Waals surface area contributed by atoms with Crippen LogP contribution < -0.4 is 0 Å². The van der Waals surface area contributed by atoms with Crippen LogP contribution in [0.15, 0.2) is 24.3 Å². The second-order valence-electron chi connectivity index (χ2n) is 8.91. The Kier molecular flexibility index (Phi) is 8.35. The molecule has 0 spiro atoms. The van der Waals surface area contributed by atoms with Crippen molar-refractivity contribution < 1.29 is 9.53 Å². The fraction of sp³-hybridized carbons (Fsp3) is 0.652. The van der Waals surface area contributed by atoms with Gasteiger partial charge in [0.2, 0.25) is 0 Å². The van der Waals surface area contributed by atoms with E-state index < -0.39 is 17.6 Å². The topological polar surface area (TPSA) is 50.1 Å². The van der Waals surface area contributed by atoms with E-state index in [0.29, 0.717) is 11.1 Å². The van der Waals surface area contributed by atoms with Crippen molar-refractivity contribution in [3.05, 3.63) is 35.4 Å². The highest BCUT2D eigenvalue weighted by atomic mass is 28.3. The summed E-state index contributed by atoms with van der Waals surface area (Å²) >= 11 is 0. The number of nitrogens with zero attached hydrogens (tertiary/aromatic N) is 1. The van der Waals surface area contributed by atoms with Gasteiger partial charge in [0.15, 0.2) is 0 Å². The zero-order valence-electron chi connectivity index (χ0n) is 17.4. The second kappa shape index (κ2) is 11.0. The van der Waals surface area contributed by atoms with Crippen molar-refractivity contribution in [2.24, 2.45) is 0 Å². The molecule has 152 valence electrons. The molecule has 0 radical (unpaired) electrons. The molecule has 28 heavy (non-hydrogen) atoms. The number of benzene rings is 1. The molecule has 2 fully saturated rings. The van der Waals surface area contributed by atoms with E-state index in [1.54, 1.807) is 42.4 Å². The van der Waals surface area contributed by atoms with Crippen molar-refractivity contribution >= 4 is 23.6 Å². The molecule has 2 heterocycles. The zero-order valence-corrected chi connectivity index (χ0v) is 19.7. The van der Waals surface area contributed by atoms with E-state index in [4.69, 9.17) is 10.00 Å². The lowest BCUT2D eigenvalue weighted by Crippen LogP contribution is -2.34. The van der Waals surface area contributed by atoms with Crippen LogP contribution in [-0.2, 0) is 4.74 Å². The van der Waals surface area contributed by atoms with Crippen LogP contribution in [-0.4, -0.2) is 29.7 Å². The van der Waals surface area contributed by atoms with Gasteiger partial charge in [0.05, 0.1) is 17.2 Å². The SMILES string of the molecule is CCCCC[SiH]1CCC([Si@H]2CC[C@H](OC(=O)c3ccc(C#N)cc3)CC2)CC1. The van der Waals surface area contributed by atoms with Crippen LogP contribution in [0.5, 0.6) is 0 Å². The standard InChI is InChI=1S/C23H35NO2Si2/c1-2-3-4-13-27-14-11-22(12-15-27)28-16-9-21(10-17-28)26-23(25)20-7-5-19(18-24)6-8-20/h5-8,21-22,27-28H,2-4,9-17H2,1H3/t21-,22?,27?,28-. The molecule has 0 aliphatic carbocycles. The highest BCUT2D eigenvalue weighted by Gasteiger charge is 2.33. The van der Waals surface area contributed by atoms with E-state index >= 15 is 0 Å². The van der Waals surface area contributed by atoms with E-state index in [2.05, 4.69) is 13.0 Å². The van der Waals surface area contributed by atoms with Gasteiger partial charge in [0.25, 0.3) is 0 Å². The first-order valence-electron chi connectivity index (χ1n) is 11.4. The Morgan fingerprint density at radius 2 is 1.75 bits per heavy atom. The van der Waals surface area contributed by atoms with E-state index in [1.807, 2.05) is 0 Å². The number of rotatable bonds is 7. The van der Waals surface area contributed by atoms with Crippen LogP contribution in [0, 0.1) is 11.3 Å². The van der Waals surface area contributed by atoms with Crippen LogP contribution in [0.1, 0.15) is 67.8 Å². The van der Waals surface area contributed by atoms with Gasteiger partial charge in [-0.15, -0.1) is 0 Å². The number of esters is 1. The van der Waals surface area contributed by atoms with Gasteiger partial charge in [0, 0.05) is 17.6 Å². The fourth-order valence-corrected chi connectivity index (χ4v) is 13.7. The highest BCUT2D eigenvalue weighted by Crippen LogP contribution is 2.39. The summed E-state index contributed by atoms with van der Waals surface area (Å²) in [6.45, 7) is 2.31. The summed E-state index contributed by atoms with van der Waals surface area (Å²) in [7, 11) is -1.03. The molecular formula is C23H35NO2Si2.